The number of nitrogens with one attached hydrogen (secondary N) is 1. The second-order valence-corrected chi connectivity index (χ2v) is 8.87. The summed E-state index contributed by atoms with van der Waals surface area (Å²) in [5, 5.41) is 3.63. The molecule has 0 saturated heterocycles. The first-order valence-electron chi connectivity index (χ1n) is 11.6. The number of methoxy groups -OCH3 is 1. The SMILES string of the molecule is COc1ccc(Cn2cnc3c4cc(F)ccc4n(CC(=O)NC4CCCCC4)c3c2=O)cc1. The van der Waals surface area contributed by atoms with Gasteiger partial charge in [-0.15, -0.1) is 0 Å². The molecule has 4 aromatic rings. The summed E-state index contributed by atoms with van der Waals surface area (Å²) < 4.78 is 22.4. The summed E-state index contributed by atoms with van der Waals surface area (Å²) in [7, 11) is 1.60. The van der Waals surface area contributed by atoms with Crippen molar-refractivity contribution >= 4 is 27.8 Å². The molecule has 1 N–H and O–H groups in total. The Hall–Kier alpha value is -3.68. The number of carbonyl (C=O) groups is 1. The minimum Gasteiger partial charge on any atom is -0.497 e. The van der Waals surface area contributed by atoms with E-state index >= 15 is 0 Å². The lowest BCUT2D eigenvalue weighted by atomic mass is 9.95. The van der Waals surface area contributed by atoms with Crippen LogP contribution in [0.4, 0.5) is 4.39 Å². The maximum absolute atomic E-state index is 14.1. The van der Waals surface area contributed by atoms with E-state index in [1.165, 1.54) is 29.4 Å². The van der Waals surface area contributed by atoms with Gasteiger partial charge in [-0.1, -0.05) is 31.4 Å². The van der Waals surface area contributed by atoms with Gasteiger partial charge in [-0.25, -0.2) is 9.37 Å². The van der Waals surface area contributed by atoms with Crippen molar-refractivity contribution in [2.24, 2.45) is 0 Å². The predicted molar refractivity (Wildman–Crippen MR) is 129 cm³/mol. The van der Waals surface area contributed by atoms with Crippen molar-refractivity contribution in [3.05, 3.63) is 70.5 Å². The van der Waals surface area contributed by atoms with Crippen molar-refractivity contribution in [3.63, 3.8) is 0 Å². The zero-order chi connectivity index (χ0) is 23.7. The highest BCUT2D eigenvalue weighted by atomic mass is 19.1. The molecule has 176 valence electrons. The lowest BCUT2D eigenvalue weighted by Gasteiger charge is -2.23. The second kappa shape index (κ2) is 9.29. The Labute approximate surface area is 196 Å². The van der Waals surface area contributed by atoms with E-state index in [0.717, 1.165) is 37.0 Å². The monoisotopic (exact) mass is 462 g/mol. The van der Waals surface area contributed by atoms with Gasteiger partial charge in [-0.3, -0.25) is 14.2 Å². The van der Waals surface area contributed by atoms with Crippen LogP contribution in [0.2, 0.25) is 0 Å². The lowest BCUT2D eigenvalue weighted by Crippen LogP contribution is -2.38. The summed E-state index contributed by atoms with van der Waals surface area (Å²) in [5.74, 6) is 0.165. The van der Waals surface area contributed by atoms with Gasteiger partial charge in [0.1, 0.15) is 29.1 Å². The van der Waals surface area contributed by atoms with Crippen LogP contribution in [-0.4, -0.2) is 33.2 Å². The molecule has 34 heavy (non-hydrogen) atoms. The Bertz CT molecular complexity index is 1400. The summed E-state index contributed by atoms with van der Waals surface area (Å²) in [4.78, 5) is 31.0. The molecule has 0 aliphatic heterocycles. The minimum absolute atomic E-state index is 0.0222. The number of ether oxygens (including phenoxy) is 1. The maximum atomic E-state index is 14.1. The molecular formula is C26H27FN4O3. The normalized spacial score (nSPS) is 14.5. The summed E-state index contributed by atoms with van der Waals surface area (Å²) >= 11 is 0. The van der Waals surface area contributed by atoms with Gasteiger partial charge in [0.05, 0.1) is 25.5 Å². The molecule has 0 spiro atoms. The topological polar surface area (TPSA) is 78.2 Å². The zero-order valence-corrected chi connectivity index (χ0v) is 19.1. The Kier molecular flexibility index (Phi) is 6.04. The zero-order valence-electron chi connectivity index (χ0n) is 19.1. The van der Waals surface area contributed by atoms with Crippen molar-refractivity contribution in [2.75, 3.05) is 7.11 Å². The lowest BCUT2D eigenvalue weighted by molar-refractivity contribution is -0.122. The Morgan fingerprint density at radius 1 is 1.15 bits per heavy atom. The third-order valence-electron chi connectivity index (χ3n) is 6.57. The van der Waals surface area contributed by atoms with E-state index in [1.807, 2.05) is 24.3 Å². The molecule has 1 aliphatic rings. The van der Waals surface area contributed by atoms with Crippen LogP contribution in [0, 0.1) is 5.82 Å². The standard InChI is InChI=1S/C26H27FN4O3/c1-34-20-10-7-17(8-11-20)14-30-16-28-24-21-13-18(27)9-12-22(21)31(25(24)26(30)33)15-23(32)29-19-5-3-2-4-6-19/h7-13,16,19H,2-6,14-15H2,1H3,(H,29,32). The molecule has 2 aromatic carbocycles. The van der Waals surface area contributed by atoms with Gasteiger partial charge in [0.15, 0.2) is 0 Å². The van der Waals surface area contributed by atoms with Gasteiger partial charge in [0.25, 0.3) is 5.56 Å². The molecule has 1 fully saturated rings. The molecular weight excluding hydrogens is 435 g/mol. The number of hydrogen-bond donors (Lipinski definition) is 1. The number of fused-ring (bicyclic) bond motifs is 3. The van der Waals surface area contributed by atoms with Gasteiger partial charge in [0.2, 0.25) is 5.91 Å². The largest absolute Gasteiger partial charge is 0.497 e. The van der Waals surface area contributed by atoms with Crippen molar-refractivity contribution in [3.8, 4) is 5.75 Å². The van der Waals surface area contributed by atoms with Crippen LogP contribution in [0.5, 0.6) is 5.75 Å². The minimum atomic E-state index is -0.414. The molecule has 2 heterocycles. The van der Waals surface area contributed by atoms with E-state index in [0.29, 0.717) is 28.5 Å². The summed E-state index contributed by atoms with van der Waals surface area (Å²) in [5.41, 5.74) is 1.95. The molecule has 2 aromatic heterocycles. The smallest absolute Gasteiger partial charge is 0.278 e. The first-order valence-corrected chi connectivity index (χ1v) is 11.6. The second-order valence-electron chi connectivity index (χ2n) is 8.87. The molecule has 0 radical (unpaired) electrons. The molecule has 5 rings (SSSR count). The van der Waals surface area contributed by atoms with E-state index in [-0.39, 0.29) is 24.1 Å². The average molecular weight is 463 g/mol. The Morgan fingerprint density at radius 3 is 2.65 bits per heavy atom. The fraction of sp³-hybridized carbons (Fsp3) is 0.346. The Morgan fingerprint density at radius 2 is 1.91 bits per heavy atom. The molecule has 1 aliphatic carbocycles. The highest BCUT2D eigenvalue weighted by molar-refractivity contribution is 6.06. The van der Waals surface area contributed by atoms with Gasteiger partial charge in [0, 0.05) is 11.4 Å². The third-order valence-corrected chi connectivity index (χ3v) is 6.57. The van der Waals surface area contributed by atoms with Crippen LogP contribution in [0.1, 0.15) is 37.7 Å². The van der Waals surface area contributed by atoms with Gasteiger partial charge in [-0.05, 0) is 48.7 Å². The van der Waals surface area contributed by atoms with Crippen LogP contribution < -0.4 is 15.6 Å². The van der Waals surface area contributed by atoms with E-state index in [4.69, 9.17) is 4.74 Å². The van der Waals surface area contributed by atoms with Gasteiger partial charge >= 0.3 is 0 Å². The number of halogens is 1. The van der Waals surface area contributed by atoms with Crippen LogP contribution in [0.3, 0.4) is 0 Å². The average Bonchev–Trinajstić information content (AvgIpc) is 3.15. The van der Waals surface area contributed by atoms with Crippen molar-refractivity contribution in [2.45, 2.75) is 51.2 Å². The number of hydrogen-bond acceptors (Lipinski definition) is 4. The molecule has 0 unspecified atom stereocenters. The molecule has 1 saturated carbocycles. The highest BCUT2D eigenvalue weighted by Gasteiger charge is 2.21. The van der Waals surface area contributed by atoms with Crippen molar-refractivity contribution in [1.29, 1.82) is 0 Å². The summed E-state index contributed by atoms with van der Waals surface area (Å²) in [6.07, 6.45) is 6.84. The molecule has 0 bridgehead atoms. The van der Waals surface area contributed by atoms with Crippen LogP contribution in [0.25, 0.3) is 21.9 Å². The number of carbonyl (C=O) groups excluding carboxylic acids is 1. The fourth-order valence-corrected chi connectivity index (χ4v) is 4.84. The Balaban J connectivity index is 1.55. The molecule has 0 atom stereocenters. The first-order chi connectivity index (χ1) is 16.5. The highest BCUT2D eigenvalue weighted by Crippen LogP contribution is 2.26. The van der Waals surface area contributed by atoms with Gasteiger partial charge < -0.3 is 14.6 Å². The summed E-state index contributed by atoms with van der Waals surface area (Å²) in [6, 6.07) is 11.9. The van der Waals surface area contributed by atoms with Crippen molar-refractivity contribution in [1.82, 2.24) is 19.4 Å². The van der Waals surface area contributed by atoms with Crippen LogP contribution in [-0.2, 0) is 17.9 Å². The number of aromatic nitrogens is 3. The van der Waals surface area contributed by atoms with E-state index in [9.17, 15) is 14.0 Å². The maximum Gasteiger partial charge on any atom is 0.278 e. The van der Waals surface area contributed by atoms with E-state index < -0.39 is 5.82 Å². The number of benzene rings is 2. The third kappa shape index (κ3) is 4.27. The van der Waals surface area contributed by atoms with Crippen molar-refractivity contribution < 1.29 is 13.9 Å². The van der Waals surface area contributed by atoms with E-state index in [2.05, 4.69) is 10.3 Å². The number of rotatable bonds is 6. The first kappa shape index (κ1) is 22.1. The predicted octanol–water partition coefficient (Wildman–Crippen LogP) is 4.00. The van der Waals surface area contributed by atoms with Crippen LogP contribution >= 0.6 is 0 Å². The van der Waals surface area contributed by atoms with E-state index in [1.54, 1.807) is 17.7 Å². The molecule has 7 nitrogen and oxygen atoms in total. The summed E-state index contributed by atoms with van der Waals surface area (Å²) in [6.45, 7) is 0.293. The fourth-order valence-electron chi connectivity index (χ4n) is 4.84. The molecule has 1 amide bonds. The quantitative estimate of drug-likeness (QED) is 0.470. The number of amides is 1. The molecule has 8 heteroatoms. The number of nitrogens with zero attached hydrogens (tertiary/aromatic N) is 3. The van der Waals surface area contributed by atoms with Gasteiger partial charge in [-0.2, -0.15) is 0 Å². The van der Waals surface area contributed by atoms with Crippen LogP contribution in [0.15, 0.2) is 53.6 Å².